The van der Waals surface area contributed by atoms with Gasteiger partial charge in [-0.15, -0.1) is 0 Å². The molecule has 1 saturated heterocycles. The first-order chi connectivity index (χ1) is 6.74. The van der Waals surface area contributed by atoms with Crippen molar-refractivity contribution >= 4 is 5.97 Å². The third-order valence-electron chi connectivity index (χ3n) is 1.60. The average molecular weight is 202 g/mol. The topological polar surface area (TPSA) is 55.8 Å². The van der Waals surface area contributed by atoms with Crippen LogP contribution in [0.4, 0.5) is 0 Å². The van der Waals surface area contributed by atoms with Crippen LogP contribution in [0.25, 0.3) is 0 Å². The minimum atomic E-state index is -0.375. The minimum absolute atomic E-state index is 0.110. The molecule has 0 spiro atoms. The molecule has 1 unspecified atom stereocenters. The summed E-state index contributed by atoms with van der Waals surface area (Å²) in [4.78, 5) is 10.6. The number of esters is 1. The minimum Gasteiger partial charge on any atom is -0.460 e. The molecule has 0 saturated carbocycles. The second kappa shape index (κ2) is 8.72. The molecule has 0 aliphatic carbocycles. The van der Waals surface area contributed by atoms with Gasteiger partial charge in [0.15, 0.2) is 0 Å². The van der Waals surface area contributed by atoms with E-state index < -0.39 is 0 Å². The molecule has 1 aliphatic rings. The van der Waals surface area contributed by atoms with Crippen LogP contribution >= 0.6 is 0 Å². The van der Waals surface area contributed by atoms with Gasteiger partial charge in [0.1, 0.15) is 6.61 Å². The van der Waals surface area contributed by atoms with Gasteiger partial charge in [-0.1, -0.05) is 6.58 Å². The molecule has 1 N–H and O–H groups in total. The van der Waals surface area contributed by atoms with Crippen molar-refractivity contribution < 1.29 is 19.4 Å². The molecule has 14 heavy (non-hydrogen) atoms. The Balaban J connectivity index is 0.000000500. The summed E-state index contributed by atoms with van der Waals surface area (Å²) >= 11 is 0. The van der Waals surface area contributed by atoms with Crippen LogP contribution in [0, 0.1) is 0 Å². The summed E-state index contributed by atoms with van der Waals surface area (Å²) in [6.45, 7) is 6.37. The van der Waals surface area contributed by atoms with E-state index >= 15 is 0 Å². The normalized spacial score (nSPS) is 19.4. The number of aliphatic hydroxyl groups is 1. The Bertz CT molecular complexity index is 162. The van der Waals surface area contributed by atoms with Gasteiger partial charge >= 0.3 is 5.97 Å². The largest absolute Gasteiger partial charge is 0.460 e. The summed E-state index contributed by atoms with van der Waals surface area (Å²) in [5.74, 6) is -0.375. The molecule has 4 nitrogen and oxygen atoms in total. The molecule has 1 aliphatic heterocycles. The lowest BCUT2D eigenvalue weighted by atomic mass is 10.2. The fourth-order valence-corrected chi connectivity index (χ4v) is 1.01. The number of ether oxygens (including phenoxy) is 2. The number of rotatable bonds is 3. The van der Waals surface area contributed by atoms with Crippen LogP contribution in [0.3, 0.4) is 0 Å². The van der Waals surface area contributed by atoms with Crippen LogP contribution in [-0.2, 0) is 14.3 Å². The molecule has 1 atom stereocenters. The van der Waals surface area contributed by atoms with Crippen LogP contribution in [0.2, 0.25) is 0 Å². The van der Waals surface area contributed by atoms with Gasteiger partial charge in [0.25, 0.3) is 0 Å². The van der Waals surface area contributed by atoms with E-state index in [1.54, 1.807) is 6.92 Å². The third-order valence-corrected chi connectivity index (χ3v) is 1.60. The molecule has 1 rings (SSSR count). The summed E-state index contributed by atoms with van der Waals surface area (Å²) in [7, 11) is 0. The maximum absolute atomic E-state index is 10.6. The summed E-state index contributed by atoms with van der Waals surface area (Å²) < 4.78 is 10.0. The standard InChI is InChI=1S/C8H12O3.C2H6O/c1-2-8(9)11-6-7-4-3-5-10-7;1-2-3/h2,7H,1,3-6H2;3H,2H2,1H3. The zero-order valence-corrected chi connectivity index (χ0v) is 8.57. The smallest absolute Gasteiger partial charge is 0.330 e. The van der Waals surface area contributed by atoms with Crippen LogP contribution < -0.4 is 0 Å². The third kappa shape index (κ3) is 6.62. The maximum atomic E-state index is 10.6. The van der Waals surface area contributed by atoms with Crippen molar-refractivity contribution in [2.24, 2.45) is 0 Å². The van der Waals surface area contributed by atoms with E-state index in [2.05, 4.69) is 6.58 Å². The summed E-state index contributed by atoms with van der Waals surface area (Å²) in [6.07, 6.45) is 3.33. The number of carbonyl (C=O) groups is 1. The number of carbonyl (C=O) groups excluding carboxylic acids is 1. The van der Waals surface area contributed by atoms with Crippen molar-refractivity contribution in [2.75, 3.05) is 19.8 Å². The molecule has 0 aromatic rings. The molecular weight excluding hydrogens is 184 g/mol. The highest BCUT2D eigenvalue weighted by Gasteiger charge is 2.16. The summed E-state index contributed by atoms with van der Waals surface area (Å²) in [5, 5.41) is 7.57. The SMILES string of the molecule is C=CC(=O)OCC1CCCO1.CCO. The predicted octanol–water partition coefficient (Wildman–Crippen LogP) is 0.893. The van der Waals surface area contributed by atoms with Gasteiger partial charge < -0.3 is 14.6 Å². The van der Waals surface area contributed by atoms with Crippen LogP contribution in [-0.4, -0.2) is 37.0 Å². The lowest BCUT2D eigenvalue weighted by molar-refractivity contribution is -0.140. The van der Waals surface area contributed by atoms with Crippen LogP contribution in [0.1, 0.15) is 19.8 Å². The molecule has 0 radical (unpaired) electrons. The van der Waals surface area contributed by atoms with E-state index in [-0.39, 0.29) is 18.7 Å². The van der Waals surface area contributed by atoms with Gasteiger partial charge in [0, 0.05) is 19.3 Å². The fraction of sp³-hybridized carbons (Fsp3) is 0.700. The predicted molar refractivity (Wildman–Crippen MR) is 52.9 cm³/mol. The zero-order valence-electron chi connectivity index (χ0n) is 8.57. The van der Waals surface area contributed by atoms with Crippen molar-refractivity contribution in [1.29, 1.82) is 0 Å². The zero-order chi connectivity index (χ0) is 10.8. The van der Waals surface area contributed by atoms with E-state index in [0.29, 0.717) is 6.61 Å². The summed E-state index contributed by atoms with van der Waals surface area (Å²) in [5.41, 5.74) is 0. The molecule has 1 fully saturated rings. The Labute approximate surface area is 84.5 Å². The fourth-order valence-electron chi connectivity index (χ4n) is 1.01. The second-order valence-electron chi connectivity index (χ2n) is 2.79. The van der Waals surface area contributed by atoms with E-state index in [1.165, 1.54) is 0 Å². The van der Waals surface area contributed by atoms with Gasteiger partial charge in [-0.2, -0.15) is 0 Å². The first kappa shape index (κ1) is 13.1. The molecule has 4 heteroatoms. The lowest BCUT2D eigenvalue weighted by Gasteiger charge is -2.07. The Morgan fingerprint density at radius 3 is 2.86 bits per heavy atom. The van der Waals surface area contributed by atoms with Crippen molar-refractivity contribution in [2.45, 2.75) is 25.9 Å². The monoisotopic (exact) mass is 202 g/mol. The first-order valence-electron chi connectivity index (χ1n) is 4.76. The molecular formula is C10H18O4. The van der Waals surface area contributed by atoms with E-state index in [9.17, 15) is 4.79 Å². The van der Waals surface area contributed by atoms with Crippen LogP contribution in [0.15, 0.2) is 12.7 Å². The van der Waals surface area contributed by atoms with Gasteiger partial charge in [-0.05, 0) is 19.8 Å². The Hall–Kier alpha value is -0.870. The average Bonchev–Trinajstić information content (AvgIpc) is 2.68. The van der Waals surface area contributed by atoms with E-state index in [4.69, 9.17) is 14.6 Å². The highest BCUT2D eigenvalue weighted by molar-refractivity contribution is 5.81. The van der Waals surface area contributed by atoms with Crippen LogP contribution in [0.5, 0.6) is 0 Å². The maximum Gasteiger partial charge on any atom is 0.330 e. The van der Waals surface area contributed by atoms with Crippen molar-refractivity contribution in [1.82, 2.24) is 0 Å². The lowest BCUT2D eigenvalue weighted by Crippen LogP contribution is -2.16. The van der Waals surface area contributed by atoms with E-state index in [0.717, 1.165) is 25.5 Å². The number of aliphatic hydroxyl groups excluding tert-OH is 1. The quantitative estimate of drug-likeness (QED) is 0.545. The van der Waals surface area contributed by atoms with Gasteiger partial charge in [0.05, 0.1) is 6.10 Å². The van der Waals surface area contributed by atoms with Gasteiger partial charge in [-0.3, -0.25) is 0 Å². The van der Waals surface area contributed by atoms with E-state index in [1.807, 2.05) is 0 Å². The van der Waals surface area contributed by atoms with Crippen molar-refractivity contribution in [3.8, 4) is 0 Å². The molecule has 0 bridgehead atoms. The van der Waals surface area contributed by atoms with Gasteiger partial charge in [0.2, 0.25) is 0 Å². The first-order valence-corrected chi connectivity index (χ1v) is 4.76. The van der Waals surface area contributed by atoms with Crippen molar-refractivity contribution in [3.63, 3.8) is 0 Å². The summed E-state index contributed by atoms with van der Waals surface area (Å²) in [6, 6.07) is 0. The number of hydrogen-bond donors (Lipinski definition) is 1. The second-order valence-corrected chi connectivity index (χ2v) is 2.79. The molecule has 0 aromatic carbocycles. The molecule has 1 heterocycles. The number of hydrogen-bond acceptors (Lipinski definition) is 4. The van der Waals surface area contributed by atoms with Crippen molar-refractivity contribution in [3.05, 3.63) is 12.7 Å². The highest BCUT2D eigenvalue weighted by Crippen LogP contribution is 2.11. The van der Waals surface area contributed by atoms with Gasteiger partial charge in [-0.25, -0.2) is 4.79 Å². The molecule has 0 aromatic heterocycles. The Morgan fingerprint density at radius 1 is 1.79 bits per heavy atom. The highest BCUT2D eigenvalue weighted by atomic mass is 16.6. The molecule has 82 valence electrons. The Kier molecular flexibility index (Phi) is 8.17. The Morgan fingerprint density at radius 2 is 2.43 bits per heavy atom. The molecule has 0 amide bonds.